The lowest BCUT2D eigenvalue weighted by Crippen LogP contribution is -2.33. The highest BCUT2D eigenvalue weighted by atomic mass is 16.3. The zero-order valence-corrected chi connectivity index (χ0v) is 13.3. The van der Waals surface area contributed by atoms with Gasteiger partial charge in [0.1, 0.15) is 11.3 Å². The summed E-state index contributed by atoms with van der Waals surface area (Å²) in [5.41, 5.74) is 4.21. The molecule has 3 aromatic rings. The van der Waals surface area contributed by atoms with Crippen LogP contribution < -0.4 is 0 Å². The molecule has 2 aromatic heterocycles. The van der Waals surface area contributed by atoms with Gasteiger partial charge >= 0.3 is 0 Å². The van der Waals surface area contributed by atoms with Gasteiger partial charge in [0.05, 0.1) is 24.5 Å². The quantitative estimate of drug-likeness (QED) is 0.805. The van der Waals surface area contributed by atoms with Crippen molar-refractivity contribution in [2.75, 3.05) is 6.54 Å². The van der Waals surface area contributed by atoms with E-state index >= 15 is 0 Å². The van der Waals surface area contributed by atoms with E-state index in [0.29, 0.717) is 0 Å². The van der Waals surface area contributed by atoms with Crippen LogP contribution >= 0.6 is 0 Å². The van der Waals surface area contributed by atoms with E-state index in [1.54, 1.807) is 0 Å². The maximum Gasteiger partial charge on any atom is 0.134 e. The minimum absolute atomic E-state index is 0.00630. The van der Waals surface area contributed by atoms with Gasteiger partial charge in [-0.25, -0.2) is 0 Å². The molecule has 1 aliphatic heterocycles. The van der Waals surface area contributed by atoms with Crippen LogP contribution in [0.25, 0.3) is 11.0 Å². The number of rotatable bonds is 4. The summed E-state index contributed by atoms with van der Waals surface area (Å²) in [6.07, 6.45) is 0.907. The minimum Gasteiger partial charge on any atom is -0.461 e. The van der Waals surface area contributed by atoms with Crippen molar-refractivity contribution in [2.45, 2.75) is 39.6 Å². The number of hydrogen-bond donors (Lipinski definition) is 1. The summed E-state index contributed by atoms with van der Waals surface area (Å²) in [5.74, 6) is 1.08. The molecule has 5 nitrogen and oxygen atoms in total. The summed E-state index contributed by atoms with van der Waals surface area (Å²) in [4.78, 5) is 2.43. The lowest BCUT2D eigenvalue weighted by molar-refractivity contribution is 0.203. The molecule has 1 aliphatic rings. The van der Waals surface area contributed by atoms with Gasteiger partial charge in [-0.2, -0.15) is 5.10 Å². The zero-order chi connectivity index (χ0) is 15.8. The van der Waals surface area contributed by atoms with E-state index in [0.717, 1.165) is 49.6 Å². The van der Waals surface area contributed by atoms with Crippen LogP contribution in [0.3, 0.4) is 0 Å². The van der Waals surface area contributed by atoms with E-state index in [4.69, 9.17) is 4.42 Å². The highest BCUT2D eigenvalue weighted by Crippen LogP contribution is 2.28. The van der Waals surface area contributed by atoms with Crippen molar-refractivity contribution < 1.29 is 9.52 Å². The molecule has 0 fully saturated rings. The molecular weight excluding hydrogens is 290 g/mol. The Morgan fingerprint density at radius 3 is 2.96 bits per heavy atom. The Balaban J connectivity index is 1.61. The second-order valence-electron chi connectivity index (χ2n) is 6.07. The van der Waals surface area contributed by atoms with Gasteiger partial charge in [-0.1, -0.05) is 25.1 Å². The monoisotopic (exact) mass is 311 g/mol. The molecule has 0 amide bonds. The SMILES string of the molecule is CCc1oc2ccccc2c1CN1CCn2nc(CO)cc2C1. The van der Waals surface area contributed by atoms with Crippen molar-refractivity contribution in [3.63, 3.8) is 0 Å². The number of para-hydroxylation sites is 1. The molecule has 1 N–H and O–H groups in total. The zero-order valence-electron chi connectivity index (χ0n) is 13.3. The Bertz CT molecular complexity index is 834. The van der Waals surface area contributed by atoms with E-state index in [-0.39, 0.29) is 6.61 Å². The van der Waals surface area contributed by atoms with E-state index in [2.05, 4.69) is 29.1 Å². The summed E-state index contributed by atoms with van der Waals surface area (Å²) < 4.78 is 8.01. The predicted octanol–water partition coefficient (Wildman–Crippen LogP) is 2.70. The number of aliphatic hydroxyl groups excluding tert-OH is 1. The van der Waals surface area contributed by atoms with E-state index in [1.165, 1.54) is 16.6 Å². The van der Waals surface area contributed by atoms with Gasteiger partial charge in [0.15, 0.2) is 0 Å². The van der Waals surface area contributed by atoms with Crippen LogP contribution in [0.15, 0.2) is 34.7 Å². The molecule has 0 unspecified atom stereocenters. The van der Waals surface area contributed by atoms with E-state index < -0.39 is 0 Å². The normalized spacial score (nSPS) is 15.2. The van der Waals surface area contributed by atoms with Crippen LogP contribution in [0.4, 0.5) is 0 Å². The molecule has 1 aromatic carbocycles. The lowest BCUT2D eigenvalue weighted by atomic mass is 10.1. The van der Waals surface area contributed by atoms with Crippen LogP contribution in [0, 0.1) is 0 Å². The van der Waals surface area contributed by atoms with E-state index in [1.807, 2.05) is 22.9 Å². The molecule has 0 bridgehead atoms. The van der Waals surface area contributed by atoms with Crippen molar-refractivity contribution in [1.29, 1.82) is 0 Å². The van der Waals surface area contributed by atoms with Crippen molar-refractivity contribution >= 4 is 11.0 Å². The second-order valence-corrected chi connectivity index (χ2v) is 6.07. The number of hydrogen-bond acceptors (Lipinski definition) is 4. The summed E-state index contributed by atoms with van der Waals surface area (Å²) >= 11 is 0. The number of furan rings is 1. The Kier molecular flexibility index (Phi) is 3.67. The lowest BCUT2D eigenvalue weighted by Gasteiger charge is -2.27. The molecule has 0 aliphatic carbocycles. The standard InChI is InChI=1S/C18H21N3O2/c1-2-17-16(15-5-3-4-6-18(15)23-17)11-20-7-8-21-14(10-20)9-13(12-22)19-21/h3-6,9,22H,2,7-8,10-12H2,1H3. The van der Waals surface area contributed by atoms with Crippen molar-refractivity contribution in [1.82, 2.24) is 14.7 Å². The van der Waals surface area contributed by atoms with Gasteiger partial charge in [0.2, 0.25) is 0 Å². The number of fused-ring (bicyclic) bond motifs is 2. The van der Waals surface area contributed by atoms with E-state index in [9.17, 15) is 5.11 Å². The van der Waals surface area contributed by atoms with Crippen LogP contribution in [0.5, 0.6) is 0 Å². The Labute approximate surface area is 135 Å². The van der Waals surface area contributed by atoms with Crippen molar-refractivity contribution in [3.8, 4) is 0 Å². The third-order valence-electron chi connectivity index (χ3n) is 4.57. The molecule has 0 radical (unpaired) electrons. The first kappa shape index (κ1) is 14.5. The Morgan fingerprint density at radius 1 is 1.26 bits per heavy atom. The predicted molar refractivity (Wildman–Crippen MR) is 87.9 cm³/mol. The summed E-state index contributed by atoms with van der Waals surface area (Å²) in [6, 6.07) is 10.3. The molecule has 0 atom stereocenters. The summed E-state index contributed by atoms with van der Waals surface area (Å²) in [5, 5.41) is 14.9. The number of aryl methyl sites for hydroxylation is 1. The van der Waals surface area contributed by atoms with Gasteiger partial charge < -0.3 is 9.52 Å². The maximum atomic E-state index is 9.24. The number of benzene rings is 1. The van der Waals surface area contributed by atoms with Crippen LogP contribution in [-0.2, 0) is 32.7 Å². The van der Waals surface area contributed by atoms with Gasteiger partial charge in [-0.05, 0) is 12.1 Å². The highest BCUT2D eigenvalue weighted by Gasteiger charge is 2.21. The summed E-state index contributed by atoms with van der Waals surface area (Å²) in [7, 11) is 0. The van der Waals surface area contributed by atoms with Crippen LogP contribution in [0.2, 0.25) is 0 Å². The Morgan fingerprint density at radius 2 is 2.13 bits per heavy atom. The molecule has 4 rings (SSSR count). The Hall–Kier alpha value is -2.11. The average Bonchev–Trinajstić information content (AvgIpc) is 3.15. The molecule has 120 valence electrons. The number of aromatic nitrogens is 2. The highest BCUT2D eigenvalue weighted by molar-refractivity contribution is 5.82. The first-order valence-electron chi connectivity index (χ1n) is 8.16. The first-order valence-corrected chi connectivity index (χ1v) is 8.16. The van der Waals surface area contributed by atoms with Gasteiger partial charge in [-0.3, -0.25) is 9.58 Å². The smallest absolute Gasteiger partial charge is 0.134 e. The third-order valence-corrected chi connectivity index (χ3v) is 4.57. The maximum absolute atomic E-state index is 9.24. The van der Waals surface area contributed by atoms with Gasteiger partial charge in [0, 0.05) is 37.0 Å². The second kappa shape index (κ2) is 5.83. The fraction of sp³-hybridized carbons (Fsp3) is 0.389. The number of aliphatic hydroxyl groups is 1. The molecule has 0 saturated heterocycles. The van der Waals surface area contributed by atoms with Crippen molar-refractivity contribution in [2.24, 2.45) is 0 Å². The first-order chi connectivity index (χ1) is 11.3. The molecular formula is C18H21N3O2. The largest absolute Gasteiger partial charge is 0.461 e. The van der Waals surface area contributed by atoms with Gasteiger partial charge in [-0.15, -0.1) is 0 Å². The molecule has 3 heterocycles. The minimum atomic E-state index is 0.00630. The summed E-state index contributed by atoms with van der Waals surface area (Å²) in [6.45, 7) is 5.72. The average molecular weight is 311 g/mol. The van der Waals surface area contributed by atoms with Gasteiger partial charge in [0.25, 0.3) is 0 Å². The fourth-order valence-corrected chi connectivity index (χ4v) is 3.42. The van der Waals surface area contributed by atoms with Crippen LogP contribution in [0.1, 0.15) is 29.6 Å². The van der Waals surface area contributed by atoms with Crippen molar-refractivity contribution in [3.05, 3.63) is 53.0 Å². The molecule has 23 heavy (non-hydrogen) atoms. The molecule has 0 saturated carbocycles. The molecule has 0 spiro atoms. The topological polar surface area (TPSA) is 54.4 Å². The molecule has 5 heteroatoms. The fourth-order valence-electron chi connectivity index (χ4n) is 3.42. The number of nitrogens with zero attached hydrogens (tertiary/aromatic N) is 3. The van der Waals surface area contributed by atoms with Crippen LogP contribution in [-0.4, -0.2) is 26.3 Å². The third kappa shape index (κ3) is 2.56.